The van der Waals surface area contributed by atoms with E-state index in [4.69, 9.17) is 16.3 Å². The zero-order chi connectivity index (χ0) is 28.6. The zero-order valence-electron chi connectivity index (χ0n) is 22.6. The summed E-state index contributed by atoms with van der Waals surface area (Å²) < 4.78 is 34.6. The number of rotatable bonds is 12. The molecule has 0 aliphatic rings. The number of para-hydroxylation sites is 2. The van der Waals surface area contributed by atoms with Gasteiger partial charge in [-0.1, -0.05) is 53.6 Å². The fraction of sp³-hybridized carbons (Fsp3) is 0.310. The summed E-state index contributed by atoms with van der Waals surface area (Å²) in [6.07, 6.45) is 0. The van der Waals surface area contributed by atoms with E-state index in [1.807, 2.05) is 31.2 Å². The van der Waals surface area contributed by atoms with Gasteiger partial charge in [0.1, 0.15) is 18.3 Å². The number of nitrogens with zero attached hydrogens (tertiary/aromatic N) is 2. The third-order valence-electron chi connectivity index (χ3n) is 6.11. The van der Waals surface area contributed by atoms with Gasteiger partial charge in [0.2, 0.25) is 11.8 Å². The highest BCUT2D eigenvalue weighted by atomic mass is 35.5. The Morgan fingerprint density at radius 3 is 2.23 bits per heavy atom. The number of nitrogens with one attached hydrogen (secondary N) is 1. The molecule has 0 saturated heterocycles. The largest absolute Gasteiger partial charge is 0.492 e. The molecular weight excluding hydrogens is 538 g/mol. The van der Waals surface area contributed by atoms with Crippen LogP contribution in [0.15, 0.2) is 77.7 Å². The van der Waals surface area contributed by atoms with Crippen molar-refractivity contribution < 1.29 is 22.7 Å². The van der Waals surface area contributed by atoms with Crippen molar-refractivity contribution in [2.45, 2.75) is 45.2 Å². The van der Waals surface area contributed by atoms with Crippen molar-refractivity contribution in [2.24, 2.45) is 0 Å². The third kappa shape index (κ3) is 7.52. The molecule has 0 bridgehead atoms. The molecule has 3 aromatic rings. The van der Waals surface area contributed by atoms with Crippen molar-refractivity contribution in [3.05, 3.63) is 88.9 Å². The van der Waals surface area contributed by atoms with Crippen molar-refractivity contribution in [1.29, 1.82) is 0 Å². The Balaban J connectivity index is 2.07. The number of hydrogen-bond acceptors (Lipinski definition) is 5. The maximum absolute atomic E-state index is 13.9. The minimum Gasteiger partial charge on any atom is -0.492 e. The van der Waals surface area contributed by atoms with Crippen LogP contribution < -0.4 is 14.4 Å². The highest BCUT2D eigenvalue weighted by Gasteiger charge is 2.33. The van der Waals surface area contributed by atoms with E-state index in [2.05, 4.69) is 5.32 Å². The number of benzene rings is 3. The van der Waals surface area contributed by atoms with E-state index in [1.165, 1.54) is 29.2 Å². The topological polar surface area (TPSA) is 96.0 Å². The highest BCUT2D eigenvalue weighted by molar-refractivity contribution is 7.92. The van der Waals surface area contributed by atoms with Gasteiger partial charge in [-0.05, 0) is 69.7 Å². The van der Waals surface area contributed by atoms with Gasteiger partial charge in [0.05, 0.1) is 17.2 Å². The number of halogens is 1. The van der Waals surface area contributed by atoms with Crippen LogP contribution in [-0.4, -0.2) is 50.9 Å². The first-order valence-electron chi connectivity index (χ1n) is 12.7. The van der Waals surface area contributed by atoms with Crippen molar-refractivity contribution in [2.75, 3.05) is 24.0 Å². The SMILES string of the molecule is CCNC(=O)C(C)N(Cc1ccc(C)cc1)C(=O)CN(c1ccccc1OCC)S(=O)(=O)c1ccc(Cl)cc1. The molecule has 0 aliphatic carbocycles. The van der Waals surface area contributed by atoms with Crippen molar-refractivity contribution in [1.82, 2.24) is 10.2 Å². The molecule has 1 atom stereocenters. The van der Waals surface area contributed by atoms with Gasteiger partial charge < -0.3 is 15.0 Å². The molecule has 0 fully saturated rings. The number of sulfonamides is 1. The minimum absolute atomic E-state index is 0.0344. The Morgan fingerprint density at radius 1 is 0.974 bits per heavy atom. The molecule has 8 nitrogen and oxygen atoms in total. The second-order valence-corrected chi connectivity index (χ2v) is 11.2. The summed E-state index contributed by atoms with van der Waals surface area (Å²) >= 11 is 6.00. The first-order valence-corrected chi connectivity index (χ1v) is 14.5. The Hall–Kier alpha value is -3.56. The summed E-state index contributed by atoms with van der Waals surface area (Å²) in [6, 6.07) is 19.1. The van der Waals surface area contributed by atoms with Crippen molar-refractivity contribution in [3.63, 3.8) is 0 Å². The Labute approximate surface area is 235 Å². The molecular formula is C29H34ClN3O5S. The van der Waals surface area contributed by atoms with Crippen LogP contribution >= 0.6 is 11.6 Å². The number of anilines is 1. The average Bonchev–Trinajstić information content (AvgIpc) is 2.92. The van der Waals surface area contributed by atoms with Gasteiger partial charge in [0.15, 0.2) is 0 Å². The lowest BCUT2D eigenvalue weighted by Gasteiger charge is -2.32. The Kier molecular flexibility index (Phi) is 10.4. The first-order chi connectivity index (χ1) is 18.6. The number of carbonyl (C=O) groups excluding carboxylic acids is 2. The van der Waals surface area contributed by atoms with Crippen LogP contribution in [0.3, 0.4) is 0 Å². The smallest absolute Gasteiger partial charge is 0.264 e. The number of ether oxygens (including phenoxy) is 1. The molecule has 1 N–H and O–H groups in total. The fourth-order valence-corrected chi connectivity index (χ4v) is 5.53. The van der Waals surface area contributed by atoms with E-state index >= 15 is 0 Å². The van der Waals surface area contributed by atoms with Crippen LogP contribution in [0.2, 0.25) is 5.02 Å². The zero-order valence-corrected chi connectivity index (χ0v) is 24.1. The van der Waals surface area contributed by atoms with E-state index in [9.17, 15) is 18.0 Å². The second kappa shape index (κ2) is 13.5. The normalized spacial score (nSPS) is 11.9. The van der Waals surface area contributed by atoms with Crippen LogP contribution in [0.25, 0.3) is 0 Å². The monoisotopic (exact) mass is 571 g/mol. The number of amides is 2. The molecule has 3 aromatic carbocycles. The van der Waals surface area contributed by atoms with Gasteiger partial charge in [-0.2, -0.15) is 0 Å². The standard InChI is InChI=1S/C29H34ClN3O5S/c1-5-31-29(35)22(4)32(19-23-13-11-21(3)12-14-23)28(34)20-33(26-9-7-8-10-27(26)38-6-2)39(36,37)25-17-15-24(30)16-18-25/h7-18,22H,5-6,19-20H2,1-4H3,(H,31,35). The molecule has 39 heavy (non-hydrogen) atoms. The summed E-state index contributed by atoms with van der Waals surface area (Å²) in [6.45, 7) is 7.44. The maximum atomic E-state index is 13.9. The first kappa shape index (κ1) is 30.0. The van der Waals surface area contributed by atoms with Gasteiger partial charge >= 0.3 is 0 Å². The lowest BCUT2D eigenvalue weighted by molar-refractivity contribution is -0.139. The number of hydrogen-bond donors (Lipinski definition) is 1. The molecule has 1 unspecified atom stereocenters. The van der Waals surface area contributed by atoms with Crippen LogP contribution in [0.4, 0.5) is 5.69 Å². The lowest BCUT2D eigenvalue weighted by atomic mass is 10.1. The molecule has 3 rings (SSSR count). The minimum atomic E-state index is -4.23. The summed E-state index contributed by atoms with van der Waals surface area (Å²) in [5.41, 5.74) is 2.08. The van der Waals surface area contributed by atoms with E-state index in [0.29, 0.717) is 23.9 Å². The second-order valence-electron chi connectivity index (χ2n) is 8.94. The van der Waals surface area contributed by atoms with Crippen LogP contribution in [0.5, 0.6) is 5.75 Å². The molecule has 0 aliphatic heterocycles. The Morgan fingerprint density at radius 2 is 1.62 bits per heavy atom. The van der Waals surface area contributed by atoms with Gasteiger partial charge in [-0.25, -0.2) is 8.42 Å². The van der Waals surface area contributed by atoms with Gasteiger partial charge in [-0.3, -0.25) is 13.9 Å². The molecule has 10 heteroatoms. The third-order valence-corrected chi connectivity index (χ3v) is 8.13. The molecule has 0 saturated carbocycles. The number of aryl methyl sites for hydroxylation is 1. The van der Waals surface area contributed by atoms with E-state index in [-0.39, 0.29) is 23.0 Å². The van der Waals surface area contributed by atoms with E-state index in [1.54, 1.807) is 45.0 Å². The summed E-state index contributed by atoms with van der Waals surface area (Å²) in [7, 11) is -4.23. The Bertz CT molecular complexity index is 1380. The summed E-state index contributed by atoms with van der Waals surface area (Å²) in [5, 5.41) is 3.13. The molecule has 0 spiro atoms. The predicted molar refractivity (Wildman–Crippen MR) is 153 cm³/mol. The summed E-state index contributed by atoms with van der Waals surface area (Å²) in [5.74, 6) is -0.565. The molecule has 0 heterocycles. The predicted octanol–water partition coefficient (Wildman–Crippen LogP) is 4.80. The molecule has 208 valence electrons. The highest BCUT2D eigenvalue weighted by Crippen LogP contribution is 2.33. The average molecular weight is 572 g/mol. The molecule has 2 amide bonds. The molecule has 0 aromatic heterocycles. The van der Waals surface area contributed by atoms with Crippen molar-refractivity contribution >= 4 is 39.1 Å². The summed E-state index contributed by atoms with van der Waals surface area (Å²) in [4.78, 5) is 28.1. The lowest BCUT2D eigenvalue weighted by Crippen LogP contribution is -2.51. The quantitative estimate of drug-likeness (QED) is 0.337. The number of carbonyl (C=O) groups is 2. The molecule has 0 radical (unpaired) electrons. The van der Waals surface area contributed by atoms with Gasteiger partial charge in [0.25, 0.3) is 10.0 Å². The van der Waals surface area contributed by atoms with Crippen LogP contribution in [-0.2, 0) is 26.2 Å². The van der Waals surface area contributed by atoms with Crippen molar-refractivity contribution in [3.8, 4) is 5.75 Å². The maximum Gasteiger partial charge on any atom is 0.264 e. The number of likely N-dealkylation sites (N-methyl/N-ethyl adjacent to an activating group) is 1. The van der Waals surface area contributed by atoms with Crippen LogP contribution in [0.1, 0.15) is 31.9 Å². The fourth-order valence-electron chi connectivity index (χ4n) is 3.98. The van der Waals surface area contributed by atoms with E-state index < -0.39 is 28.5 Å². The van der Waals surface area contributed by atoms with Gasteiger partial charge in [-0.15, -0.1) is 0 Å². The van der Waals surface area contributed by atoms with Crippen LogP contribution in [0, 0.1) is 6.92 Å². The van der Waals surface area contributed by atoms with E-state index in [0.717, 1.165) is 15.4 Å². The van der Waals surface area contributed by atoms with Gasteiger partial charge in [0, 0.05) is 18.1 Å².